The molecule has 4 fully saturated rings. The van der Waals surface area contributed by atoms with Crippen LogP contribution in [0.1, 0.15) is 93.4 Å². The number of piperidine rings is 2. The Morgan fingerprint density at radius 2 is 1.70 bits per heavy atom. The van der Waals surface area contributed by atoms with Crippen molar-refractivity contribution in [2.24, 2.45) is 11.8 Å². The summed E-state index contributed by atoms with van der Waals surface area (Å²) < 4.78 is 27.2. The normalized spacial score (nSPS) is 23.9. The summed E-state index contributed by atoms with van der Waals surface area (Å²) in [5.74, 6) is 0.578. The molecule has 4 aliphatic heterocycles. The number of unbranched alkanes of at least 4 members (excludes halogenated alkanes) is 1. The van der Waals surface area contributed by atoms with Gasteiger partial charge in [-0.15, -0.1) is 0 Å². The molecule has 1 aromatic carbocycles. The Hall–Kier alpha value is -2.98. The first-order valence-electron chi connectivity index (χ1n) is 17.5. The largest absolute Gasteiger partial charge is 0.442 e. The van der Waals surface area contributed by atoms with E-state index >= 15 is 0 Å². The van der Waals surface area contributed by atoms with E-state index < -0.39 is 0 Å². The maximum absolute atomic E-state index is 13.8. The smallest absolute Gasteiger partial charge is 0.410 e. The Labute approximate surface area is 273 Å². The van der Waals surface area contributed by atoms with Crippen LogP contribution >= 0.6 is 0 Å². The highest BCUT2D eigenvalue weighted by molar-refractivity contribution is 5.96. The van der Waals surface area contributed by atoms with Gasteiger partial charge in [0.15, 0.2) is 0 Å². The second-order valence-corrected chi connectivity index (χ2v) is 14.4. The van der Waals surface area contributed by atoms with Crippen molar-refractivity contribution in [2.75, 3.05) is 52.5 Å². The van der Waals surface area contributed by atoms with Crippen molar-refractivity contribution in [3.8, 4) is 5.69 Å². The van der Waals surface area contributed by atoms with Gasteiger partial charge in [-0.1, -0.05) is 19.8 Å². The highest BCUT2D eigenvalue weighted by Gasteiger charge is 2.51. The van der Waals surface area contributed by atoms with Gasteiger partial charge in [-0.2, -0.15) is 5.10 Å². The molecule has 4 aliphatic rings. The third-order valence-corrected chi connectivity index (χ3v) is 11.5. The third-order valence-electron chi connectivity index (χ3n) is 11.5. The fraction of sp³-hybridized carbons (Fsp3) is 0.694. The molecule has 0 saturated carbocycles. The number of benzene rings is 1. The Kier molecular flexibility index (Phi) is 9.76. The number of amides is 2. The Morgan fingerprint density at radius 1 is 1.02 bits per heavy atom. The minimum atomic E-state index is -0.373. The lowest BCUT2D eigenvalue weighted by molar-refractivity contribution is -0.135. The van der Waals surface area contributed by atoms with Gasteiger partial charge in [-0.3, -0.25) is 9.69 Å². The van der Waals surface area contributed by atoms with E-state index in [1.165, 1.54) is 12.1 Å². The van der Waals surface area contributed by atoms with Gasteiger partial charge in [0.2, 0.25) is 0 Å². The molecule has 6 rings (SSSR count). The third kappa shape index (κ3) is 6.57. The Balaban J connectivity index is 1.07. The molecule has 0 aliphatic carbocycles. The fourth-order valence-electron chi connectivity index (χ4n) is 8.41. The lowest BCUT2D eigenvalue weighted by Gasteiger charge is -2.55. The molecule has 1 atom stereocenters. The first kappa shape index (κ1) is 32.9. The van der Waals surface area contributed by atoms with Crippen LogP contribution in [0.5, 0.6) is 0 Å². The van der Waals surface area contributed by atoms with Crippen LogP contribution in [0.25, 0.3) is 5.69 Å². The van der Waals surface area contributed by atoms with E-state index in [0.717, 1.165) is 109 Å². The first-order chi connectivity index (χ1) is 22.1. The minimum absolute atomic E-state index is 0.00650. The van der Waals surface area contributed by atoms with Crippen LogP contribution in [0.2, 0.25) is 0 Å². The molecule has 1 spiro atoms. The molecule has 9 nitrogen and oxygen atoms in total. The lowest BCUT2D eigenvalue weighted by atomic mass is 9.74. The summed E-state index contributed by atoms with van der Waals surface area (Å²) in [6.45, 7) is 14.7. The van der Waals surface area contributed by atoms with E-state index in [4.69, 9.17) is 9.47 Å². The summed E-state index contributed by atoms with van der Waals surface area (Å²) in [4.78, 5) is 33.7. The number of ether oxygens (including phenoxy) is 2. The topological polar surface area (TPSA) is 80.1 Å². The first-order valence-corrected chi connectivity index (χ1v) is 17.5. The SMILES string of the molecule is CCCCC1CN(CC2CCOCC2)C(=O)OC12CCN(C1(C)CCN(C(=O)c3c(C)nn(-c4ccc(F)cc4)c3C)CC1)CC2. The van der Waals surface area contributed by atoms with Crippen molar-refractivity contribution in [2.45, 2.75) is 96.6 Å². The zero-order valence-electron chi connectivity index (χ0n) is 28.2. The van der Waals surface area contributed by atoms with Crippen LogP contribution in [0.15, 0.2) is 24.3 Å². The Morgan fingerprint density at radius 3 is 2.35 bits per heavy atom. The molecule has 1 unspecified atom stereocenters. The fourth-order valence-corrected chi connectivity index (χ4v) is 8.41. The summed E-state index contributed by atoms with van der Waals surface area (Å²) in [5, 5.41) is 4.63. The van der Waals surface area contributed by atoms with Crippen LogP contribution in [0, 0.1) is 31.5 Å². The predicted molar refractivity (Wildman–Crippen MR) is 175 cm³/mol. The van der Waals surface area contributed by atoms with Gasteiger partial charge in [-0.05, 0) is 83.1 Å². The van der Waals surface area contributed by atoms with Gasteiger partial charge in [0.1, 0.15) is 11.4 Å². The van der Waals surface area contributed by atoms with E-state index in [1.807, 2.05) is 23.6 Å². The van der Waals surface area contributed by atoms with E-state index in [2.05, 4.69) is 23.8 Å². The second kappa shape index (κ2) is 13.6. The maximum atomic E-state index is 13.8. The van der Waals surface area contributed by atoms with Gasteiger partial charge in [-0.25, -0.2) is 13.9 Å². The molecule has 46 heavy (non-hydrogen) atoms. The molecular formula is C36H52FN5O4. The highest BCUT2D eigenvalue weighted by Crippen LogP contribution is 2.43. The molecule has 2 aromatic rings. The molecule has 0 radical (unpaired) electrons. The van der Waals surface area contributed by atoms with Gasteiger partial charge in [0.05, 0.1) is 22.6 Å². The van der Waals surface area contributed by atoms with E-state index in [1.54, 1.807) is 16.8 Å². The molecule has 0 bridgehead atoms. The molecule has 4 saturated heterocycles. The van der Waals surface area contributed by atoms with Crippen molar-refractivity contribution >= 4 is 12.0 Å². The zero-order valence-corrected chi connectivity index (χ0v) is 28.2. The summed E-state index contributed by atoms with van der Waals surface area (Å²) in [7, 11) is 0. The van der Waals surface area contributed by atoms with E-state index in [-0.39, 0.29) is 29.0 Å². The van der Waals surface area contributed by atoms with Crippen molar-refractivity contribution in [1.82, 2.24) is 24.5 Å². The minimum Gasteiger partial charge on any atom is -0.442 e. The number of carbonyl (C=O) groups excluding carboxylic acids is 2. The molecule has 5 heterocycles. The van der Waals surface area contributed by atoms with Crippen LogP contribution in [-0.4, -0.2) is 100 Å². The number of rotatable bonds is 8. The van der Waals surface area contributed by atoms with Crippen molar-refractivity contribution in [3.05, 3.63) is 47.0 Å². The zero-order chi connectivity index (χ0) is 32.5. The van der Waals surface area contributed by atoms with Crippen LogP contribution < -0.4 is 0 Å². The van der Waals surface area contributed by atoms with Gasteiger partial charge in [0.25, 0.3) is 5.91 Å². The summed E-state index contributed by atoms with van der Waals surface area (Å²) in [6.07, 6.45) is 8.84. The molecule has 0 N–H and O–H groups in total. The molecule has 10 heteroatoms. The maximum Gasteiger partial charge on any atom is 0.410 e. The van der Waals surface area contributed by atoms with Gasteiger partial charge in [0, 0.05) is 76.8 Å². The van der Waals surface area contributed by atoms with Crippen molar-refractivity contribution in [1.29, 1.82) is 0 Å². The van der Waals surface area contributed by atoms with Crippen LogP contribution in [0.4, 0.5) is 9.18 Å². The second-order valence-electron chi connectivity index (χ2n) is 14.4. The number of likely N-dealkylation sites (tertiary alicyclic amines) is 2. The van der Waals surface area contributed by atoms with E-state index in [0.29, 0.717) is 36.2 Å². The number of aryl methyl sites for hydroxylation is 1. The molecule has 1 aromatic heterocycles. The number of nitrogens with zero attached hydrogens (tertiary/aromatic N) is 5. The molecule has 2 amide bonds. The number of aromatic nitrogens is 2. The van der Waals surface area contributed by atoms with Crippen molar-refractivity contribution < 1.29 is 23.5 Å². The number of carbonyl (C=O) groups is 2. The van der Waals surface area contributed by atoms with Crippen molar-refractivity contribution in [3.63, 3.8) is 0 Å². The molecule has 252 valence electrons. The lowest BCUT2D eigenvalue weighted by Crippen LogP contribution is -2.64. The average Bonchev–Trinajstić information content (AvgIpc) is 3.36. The predicted octanol–water partition coefficient (Wildman–Crippen LogP) is 6.14. The monoisotopic (exact) mass is 637 g/mol. The van der Waals surface area contributed by atoms with Crippen LogP contribution in [-0.2, 0) is 9.47 Å². The van der Waals surface area contributed by atoms with E-state index in [9.17, 15) is 14.0 Å². The summed E-state index contributed by atoms with van der Waals surface area (Å²) in [6, 6.07) is 6.19. The average molecular weight is 638 g/mol. The van der Waals surface area contributed by atoms with Crippen LogP contribution in [0.3, 0.4) is 0 Å². The number of hydrogen-bond donors (Lipinski definition) is 0. The number of hydrogen-bond acceptors (Lipinski definition) is 6. The summed E-state index contributed by atoms with van der Waals surface area (Å²) in [5.41, 5.74) is 2.45. The Bertz CT molecular complexity index is 1370. The van der Waals surface area contributed by atoms with Gasteiger partial charge >= 0.3 is 6.09 Å². The number of halogens is 1. The quantitative estimate of drug-likeness (QED) is 0.346. The van der Waals surface area contributed by atoms with Gasteiger partial charge < -0.3 is 19.3 Å². The summed E-state index contributed by atoms with van der Waals surface area (Å²) >= 11 is 0. The highest BCUT2D eigenvalue weighted by atomic mass is 19.1. The standard InChI is InChI=1S/C36H52FN5O4/c1-5-6-7-29-25-40(24-28-12-22-45-23-13-28)34(44)46-36(29)16-20-41(21-17-36)35(4)14-18-39(19-15-35)33(43)32-26(2)38-42(27(32)3)31-10-8-30(37)9-11-31/h8-11,28-29H,5-7,12-25H2,1-4H3. The molecular weight excluding hydrogens is 585 g/mol.